The van der Waals surface area contributed by atoms with Gasteiger partial charge in [0.05, 0.1) is 10.7 Å². The smallest absolute Gasteiger partial charge is 0.276 e. The van der Waals surface area contributed by atoms with E-state index in [4.69, 9.17) is 4.42 Å². The Balaban J connectivity index is 1.63. The van der Waals surface area contributed by atoms with Crippen molar-refractivity contribution in [3.05, 3.63) is 33.1 Å². The molecule has 3 rings (SSSR count). The summed E-state index contributed by atoms with van der Waals surface area (Å²) in [5.74, 6) is 1.52. The predicted octanol–water partition coefficient (Wildman–Crippen LogP) is 4.21. The standard InChI is InChI=1S/C13H13N3OS3/c1-8-11(20-9(2)14-8)12-15-16-13(17-12)19-7-5-10-4-3-6-18-10/h3-4,6H,5,7H2,1-2H3. The zero-order valence-corrected chi connectivity index (χ0v) is 13.6. The van der Waals surface area contributed by atoms with Crippen LogP contribution in [-0.4, -0.2) is 20.9 Å². The number of hydrogen-bond acceptors (Lipinski definition) is 7. The van der Waals surface area contributed by atoms with Gasteiger partial charge >= 0.3 is 0 Å². The van der Waals surface area contributed by atoms with Crippen molar-refractivity contribution in [3.8, 4) is 10.8 Å². The van der Waals surface area contributed by atoms with Gasteiger partial charge in [0, 0.05) is 10.6 Å². The summed E-state index contributed by atoms with van der Waals surface area (Å²) in [5.41, 5.74) is 0.950. The second-order valence-electron chi connectivity index (χ2n) is 4.20. The summed E-state index contributed by atoms with van der Waals surface area (Å²) in [7, 11) is 0. The van der Waals surface area contributed by atoms with E-state index in [1.54, 1.807) is 34.4 Å². The van der Waals surface area contributed by atoms with Gasteiger partial charge in [-0.25, -0.2) is 4.98 Å². The highest BCUT2D eigenvalue weighted by Crippen LogP contribution is 2.30. The number of aryl methyl sites for hydroxylation is 3. The lowest BCUT2D eigenvalue weighted by Crippen LogP contribution is -1.84. The van der Waals surface area contributed by atoms with Crippen LogP contribution in [0.4, 0.5) is 0 Å². The lowest BCUT2D eigenvalue weighted by atomic mass is 10.4. The average molecular weight is 323 g/mol. The van der Waals surface area contributed by atoms with Gasteiger partial charge in [0.25, 0.3) is 11.1 Å². The van der Waals surface area contributed by atoms with Crippen LogP contribution in [0.25, 0.3) is 10.8 Å². The van der Waals surface area contributed by atoms with Crippen LogP contribution in [-0.2, 0) is 6.42 Å². The van der Waals surface area contributed by atoms with Crippen LogP contribution in [0.3, 0.4) is 0 Å². The Kier molecular flexibility index (Phi) is 4.18. The zero-order valence-electron chi connectivity index (χ0n) is 11.1. The average Bonchev–Trinajstić information content (AvgIpc) is 3.11. The highest BCUT2D eigenvalue weighted by molar-refractivity contribution is 7.99. The number of nitrogens with zero attached hydrogens (tertiary/aromatic N) is 3. The maximum Gasteiger partial charge on any atom is 0.276 e. The Bertz CT molecular complexity index is 688. The van der Waals surface area contributed by atoms with Crippen molar-refractivity contribution in [2.45, 2.75) is 25.5 Å². The molecule has 104 valence electrons. The van der Waals surface area contributed by atoms with E-state index in [0.29, 0.717) is 11.1 Å². The van der Waals surface area contributed by atoms with Crippen molar-refractivity contribution in [2.24, 2.45) is 0 Å². The molecule has 3 aromatic heterocycles. The van der Waals surface area contributed by atoms with Gasteiger partial charge in [0.1, 0.15) is 4.88 Å². The van der Waals surface area contributed by atoms with Crippen LogP contribution >= 0.6 is 34.4 Å². The van der Waals surface area contributed by atoms with E-state index in [0.717, 1.165) is 27.8 Å². The Morgan fingerprint density at radius 3 is 2.90 bits per heavy atom. The number of thioether (sulfide) groups is 1. The highest BCUT2D eigenvalue weighted by atomic mass is 32.2. The van der Waals surface area contributed by atoms with E-state index < -0.39 is 0 Å². The summed E-state index contributed by atoms with van der Waals surface area (Å²) >= 11 is 4.96. The molecule has 0 unspecified atom stereocenters. The van der Waals surface area contributed by atoms with Gasteiger partial charge in [0.2, 0.25) is 0 Å². The minimum Gasteiger partial charge on any atom is -0.410 e. The van der Waals surface area contributed by atoms with Crippen LogP contribution in [0.2, 0.25) is 0 Å². The van der Waals surface area contributed by atoms with Gasteiger partial charge < -0.3 is 4.42 Å². The minimum absolute atomic E-state index is 0.576. The molecule has 20 heavy (non-hydrogen) atoms. The molecule has 0 amide bonds. The third kappa shape index (κ3) is 3.11. The first-order valence-electron chi connectivity index (χ1n) is 6.15. The summed E-state index contributed by atoms with van der Waals surface area (Å²) in [6.07, 6.45) is 1.03. The van der Waals surface area contributed by atoms with Crippen LogP contribution < -0.4 is 0 Å². The fraction of sp³-hybridized carbons (Fsp3) is 0.308. The summed E-state index contributed by atoms with van der Waals surface area (Å²) in [6.45, 7) is 3.95. The van der Waals surface area contributed by atoms with Crippen molar-refractivity contribution >= 4 is 34.4 Å². The molecule has 0 saturated carbocycles. The molecular formula is C13H13N3OS3. The fourth-order valence-corrected chi connectivity index (χ4v) is 4.20. The third-order valence-corrected chi connectivity index (χ3v) is 5.48. The van der Waals surface area contributed by atoms with E-state index in [1.165, 1.54) is 4.88 Å². The number of thiazole rings is 1. The molecule has 3 aromatic rings. The molecule has 4 nitrogen and oxygen atoms in total. The molecular weight excluding hydrogens is 310 g/mol. The lowest BCUT2D eigenvalue weighted by molar-refractivity contribution is 0.466. The van der Waals surface area contributed by atoms with Crippen LogP contribution in [0, 0.1) is 13.8 Å². The Morgan fingerprint density at radius 1 is 1.30 bits per heavy atom. The molecule has 0 aliphatic rings. The molecule has 0 spiro atoms. The summed E-state index contributed by atoms with van der Waals surface area (Å²) < 4.78 is 5.70. The first-order chi connectivity index (χ1) is 9.72. The number of rotatable bonds is 5. The van der Waals surface area contributed by atoms with Gasteiger partial charge in [0.15, 0.2) is 0 Å². The van der Waals surface area contributed by atoms with E-state index >= 15 is 0 Å². The van der Waals surface area contributed by atoms with Crippen molar-refractivity contribution < 1.29 is 4.42 Å². The van der Waals surface area contributed by atoms with Crippen LogP contribution in [0.5, 0.6) is 0 Å². The zero-order chi connectivity index (χ0) is 13.9. The lowest BCUT2D eigenvalue weighted by Gasteiger charge is -1.94. The number of hydrogen-bond donors (Lipinski definition) is 0. The van der Waals surface area contributed by atoms with Crippen molar-refractivity contribution in [1.82, 2.24) is 15.2 Å². The summed E-state index contributed by atoms with van der Waals surface area (Å²) in [6, 6.07) is 4.22. The summed E-state index contributed by atoms with van der Waals surface area (Å²) in [5, 5.41) is 11.9. The Morgan fingerprint density at radius 2 is 2.20 bits per heavy atom. The normalized spacial score (nSPS) is 11.1. The topological polar surface area (TPSA) is 51.8 Å². The second kappa shape index (κ2) is 6.07. The van der Waals surface area contributed by atoms with Gasteiger partial charge in [-0.2, -0.15) is 0 Å². The first-order valence-corrected chi connectivity index (χ1v) is 8.83. The minimum atomic E-state index is 0.576. The molecule has 0 bridgehead atoms. The van der Waals surface area contributed by atoms with Crippen molar-refractivity contribution in [3.63, 3.8) is 0 Å². The third-order valence-electron chi connectivity index (χ3n) is 2.66. The Labute approximate surface area is 129 Å². The first kappa shape index (κ1) is 13.8. The quantitative estimate of drug-likeness (QED) is 0.658. The molecule has 0 saturated heterocycles. The summed E-state index contributed by atoms with van der Waals surface area (Å²) in [4.78, 5) is 6.73. The van der Waals surface area contributed by atoms with Gasteiger partial charge in [-0.3, -0.25) is 0 Å². The molecule has 0 aromatic carbocycles. The van der Waals surface area contributed by atoms with E-state index in [-0.39, 0.29) is 0 Å². The maximum atomic E-state index is 5.70. The van der Waals surface area contributed by atoms with Gasteiger partial charge in [-0.15, -0.1) is 32.9 Å². The SMILES string of the molecule is Cc1nc(C)c(-c2nnc(SCCc3cccs3)o2)s1. The number of thiophene rings is 1. The highest BCUT2D eigenvalue weighted by Gasteiger charge is 2.15. The van der Waals surface area contributed by atoms with Crippen LogP contribution in [0.1, 0.15) is 15.6 Å². The molecule has 0 radical (unpaired) electrons. The maximum absolute atomic E-state index is 5.70. The van der Waals surface area contributed by atoms with Crippen molar-refractivity contribution in [2.75, 3.05) is 5.75 Å². The molecule has 0 aliphatic heterocycles. The second-order valence-corrected chi connectivity index (χ2v) is 7.48. The molecule has 0 fully saturated rings. The molecule has 0 N–H and O–H groups in total. The van der Waals surface area contributed by atoms with Gasteiger partial charge in [-0.1, -0.05) is 17.8 Å². The molecule has 0 atom stereocenters. The molecule has 3 heterocycles. The Hall–Kier alpha value is -1.18. The van der Waals surface area contributed by atoms with Crippen molar-refractivity contribution in [1.29, 1.82) is 0 Å². The monoisotopic (exact) mass is 323 g/mol. The molecule has 7 heteroatoms. The van der Waals surface area contributed by atoms with E-state index in [1.807, 2.05) is 13.8 Å². The predicted molar refractivity (Wildman–Crippen MR) is 83.6 cm³/mol. The number of aromatic nitrogens is 3. The molecule has 0 aliphatic carbocycles. The largest absolute Gasteiger partial charge is 0.410 e. The van der Waals surface area contributed by atoms with Gasteiger partial charge in [-0.05, 0) is 31.7 Å². The fourth-order valence-electron chi connectivity index (χ4n) is 1.78. The van der Waals surface area contributed by atoms with Crippen LogP contribution in [0.15, 0.2) is 27.2 Å². The van der Waals surface area contributed by atoms with E-state index in [2.05, 4.69) is 32.7 Å². The van der Waals surface area contributed by atoms with E-state index in [9.17, 15) is 0 Å².